The van der Waals surface area contributed by atoms with Crippen LogP contribution in [-0.2, 0) is 5.54 Å². The first-order valence-corrected chi connectivity index (χ1v) is 8.48. The predicted molar refractivity (Wildman–Crippen MR) is 106 cm³/mol. The van der Waals surface area contributed by atoms with Gasteiger partial charge in [0.15, 0.2) is 0 Å². The smallest absolute Gasteiger partial charge is 0.125 e. The number of nitrogens with two attached hydrogens (primary N) is 2. The van der Waals surface area contributed by atoms with Crippen molar-refractivity contribution in [2.75, 3.05) is 11.5 Å². The van der Waals surface area contributed by atoms with E-state index in [4.69, 9.17) is 11.5 Å². The average Bonchev–Trinajstić information content (AvgIpc) is 3.21. The molecule has 0 fully saturated rings. The van der Waals surface area contributed by atoms with E-state index in [2.05, 4.69) is 33.8 Å². The number of nitrogen functional groups attached to an aromatic ring is 2. The first-order valence-electron chi connectivity index (χ1n) is 8.48. The Hall–Kier alpha value is -3.53. The molecule has 0 saturated carbocycles. The highest BCUT2D eigenvalue weighted by atomic mass is 15.1. The fourth-order valence-corrected chi connectivity index (χ4v) is 3.67. The molecule has 1 aromatic heterocycles. The van der Waals surface area contributed by atoms with Gasteiger partial charge in [0, 0.05) is 34.9 Å². The fourth-order valence-electron chi connectivity index (χ4n) is 3.67. The predicted octanol–water partition coefficient (Wildman–Crippen LogP) is 3.89. The topological polar surface area (TPSA) is 69.9 Å². The third-order valence-corrected chi connectivity index (χ3v) is 4.78. The van der Waals surface area contributed by atoms with Gasteiger partial charge in [-0.2, -0.15) is 0 Å². The third kappa shape index (κ3) is 2.35. The van der Waals surface area contributed by atoms with Gasteiger partial charge in [-0.3, -0.25) is 0 Å². The summed E-state index contributed by atoms with van der Waals surface area (Å²) in [7, 11) is 0. The molecule has 1 heterocycles. The summed E-state index contributed by atoms with van der Waals surface area (Å²) in [5, 5.41) is 0. The Bertz CT molecular complexity index is 962. The highest BCUT2D eigenvalue weighted by molar-refractivity contribution is 5.66. The van der Waals surface area contributed by atoms with Crippen LogP contribution in [0.1, 0.15) is 16.7 Å². The lowest BCUT2D eigenvalue weighted by atomic mass is 9.75. The molecule has 0 bridgehead atoms. The van der Waals surface area contributed by atoms with Crippen molar-refractivity contribution in [1.29, 1.82) is 0 Å². The second-order valence-corrected chi connectivity index (χ2v) is 6.22. The number of hydrogen-bond donors (Lipinski definition) is 2. The van der Waals surface area contributed by atoms with Crippen LogP contribution in [0.2, 0.25) is 0 Å². The molecule has 26 heavy (non-hydrogen) atoms. The summed E-state index contributed by atoms with van der Waals surface area (Å²) in [5.74, 6) is 0. The number of rotatable bonds is 4. The molecule has 4 aromatic rings. The minimum atomic E-state index is -0.714. The second-order valence-electron chi connectivity index (χ2n) is 6.22. The van der Waals surface area contributed by atoms with Crippen molar-refractivity contribution < 1.29 is 0 Å². The van der Waals surface area contributed by atoms with Gasteiger partial charge in [-0.15, -0.1) is 0 Å². The van der Waals surface area contributed by atoms with E-state index < -0.39 is 5.54 Å². The van der Waals surface area contributed by atoms with Gasteiger partial charge < -0.3 is 16.0 Å². The first-order chi connectivity index (χ1) is 12.7. The molecule has 0 spiro atoms. The average molecular weight is 340 g/mol. The largest absolute Gasteiger partial charge is 0.398 e. The first kappa shape index (κ1) is 16.0. The lowest BCUT2D eigenvalue weighted by Crippen LogP contribution is -2.38. The molecule has 0 atom stereocenters. The van der Waals surface area contributed by atoms with E-state index in [1.165, 1.54) is 0 Å². The van der Waals surface area contributed by atoms with Crippen LogP contribution in [-0.4, -0.2) is 9.55 Å². The molecule has 4 heteroatoms. The molecule has 0 aliphatic rings. The summed E-state index contributed by atoms with van der Waals surface area (Å²) in [6.07, 6.45) is 5.54. The molecule has 4 N–H and O–H groups in total. The van der Waals surface area contributed by atoms with Crippen LogP contribution in [0.15, 0.2) is 97.6 Å². The van der Waals surface area contributed by atoms with Crippen molar-refractivity contribution in [1.82, 2.24) is 9.55 Å². The minimum absolute atomic E-state index is 0.702. The Labute approximate surface area is 152 Å². The monoisotopic (exact) mass is 340 g/mol. The van der Waals surface area contributed by atoms with Crippen LogP contribution < -0.4 is 11.5 Å². The van der Waals surface area contributed by atoms with Crippen molar-refractivity contribution in [3.63, 3.8) is 0 Å². The Morgan fingerprint density at radius 1 is 0.692 bits per heavy atom. The highest BCUT2D eigenvalue weighted by Gasteiger charge is 2.40. The molecule has 0 radical (unpaired) electrons. The van der Waals surface area contributed by atoms with Gasteiger partial charge in [0.25, 0.3) is 0 Å². The number of hydrogen-bond acceptors (Lipinski definition) is 3. The molecule has 128 valence electrons. The molecule has 0 aliphatic carbocycles. The Morgan fingerprint density at radius 2 is 1.23 bits per heavy atom. The van der Waals surface area contributed by atoms with Crippen molar-refractivity contribution >= 4 is 11.4 Å². The van der Waals surface area contributed by atoms with Gasteiger partial charge in [-0.05, 0) is 17.7 Å². The van der Waals surface area contributed by atoms with Crippen molar-refractivity contribution in [2.45, 2.75) is 5.54 Å². The lowest BCUT2D eigenvalue weighted by Gasteiger charge is -2.38. The van der Waals surface area contributed by atoms with Gasteiger partial charge in [0.2, 0.25) is 0 Å². The Morgan fingerprint density at radius 3 is 1.73 bits per heavy atom. The quantitative estimate of drug-likeness (QED) is 0.437. The van der Waals surface area contributed by atoms with Crippen molar-refractivity contribution in [3.8, 4) is 0 Å². The van der Waals surface area contributed by atoms with Gasteiger partial charge in [-0.25, -0.2) is 4.98 Å². The SMILES string of the molecule is Nc1ccccc1C(c1ccccc1)(c1ccccc1N)n1ccnc1. The van der Waals surface area contributed by atoms with E-state index >= 15 is 0 Å². The van der Waals surface area contributed by atoms with E-state index in [1.54, 1.807) is 6.20 Å². The highest BCUT2D eigenvalue weighted by Crippen LogP contribution is 2.44. The van der Waals surface area contributed by atoms with Crippen molar-refractivity contribution in [3.05, 3.63) is 114 Å². The molecule has 0 saturated heterocycles. The van der Waals surface area contributed by atoms with Crippen LogP contribution in [0.3, 0.4) is 0 Å². The molecular formula is C22H20N4. The Balaban J connectivity index is 2.19. The summed E-state index contributed by atoms with van der Waals surface area (Å²) >= 11 is 0. The number of aromatic nitrogens is 2. The maximum atomic E-state index is 6.46. The standard InChI is InChI=1S/C22H20N4/c23-20-12-6-4-10-18(20)22(26-15-14-25-16-26,17-8-2-1-3-9-17)19-11-5-7-13-21(19)24/h1-16H,23-24H2. The van der Waals surface area contributed by atoms with Crippen molar-refractivity contribution in [2.24, 2.45) is 0 Å². The van der Waals surface area contributed by atoms with Crippen LogP contribution in [0.4, 0.5) is 11.4 Å². The van der Waals surface area contributed by atoms with Gasteiger partial charge in [-0.1, -0.05) is 66.7 Å². The van der Waals surface area contributed by atoms with E-state index in [-0.39, 0.29) is 0 Å². The molecule has 3 aromatic carbocycles. The fraction of sp³-hybridized carbons (Fsp3) is 0.0455. The molecule has 0 unspecified atom stereocenters. The number of nitrogens with zero attached hydrogens (tertiary/aromatic N) is 2. The van der Waals surface area contributed by atoms with Gasteiger partial charge in [0.05, 0.1) is 6.33 Å². The van der Waals surface area contributed by atoms with Crippen LogP contribution in [0.5, 0.6) is 0 Å². The number of para-hydroxylation sites is 2. The van der Waals surface area contributed by atoms with Crippen LogP contribution in [0.25, 0.3) is 0 Å². The zero-order chi connectivity index (χ0) is 18.0. The van der Waals surface area contributed by atoms with E-state index in [0.29, 0.717) is 11.4 Å². The van der Waals surface area contributed by atoms with Gasteiger partial charge in [0.1, 0.15) is 5.54 Å². The van der Waals surface area contributed by atoms with Crippen LogP contribution >= 0.6 is 0 Å². The lowest BCUT2D eigenvalue weighted by molar-refractivity contribution is 0.518. The maximum Gasteiger partial charge on any atom is 0.125 e. The third-order valence-electron chi connectivity index (χ3n) is 4.78. The zero-order valence-corrected chi connectivity index (χ0v) is 14.3. The van der Waals surface area contributed by atoms with E-state index in [9.17, 15) is 0 Å². The second kappa shape index (κ2) is 6.41. The molecular weight excluding hydrogens is 320 g/mol. The summed E-state index contributed by atoms with van der Waals surface area (Å²) in [6.45, 7) is 0. The summed E-state index contributed by atoms with van der Waals surface area (Å²) in [4.78, 5) is 4.31. The molecule has 0 amide bonds. The molecule has 4 rings (SSSR count). The van der Waals surface area contributed by atoms with Gasteiger partial charge >= 0.3 is 0 Å². The Kier molecular flexibility index (Phi) is 3.93. The summed E-state index contributed by atoms with van der Waals surface area (Å²) in [5.41, 5.74) is 16.6. The molecule has 0 aliphatic heterocycles. The normalized spacial score (nSPS) is 11.4. The zero-order valence-electron chi connectivity index (χ0n) is 14.3. The molecule has 4 nitrogen and oxygen atoms in total. The van der Waals surface area contributed by atoms with Crippen LogP contribution in [0, 0.1) is 0 Å². The number of imidazole rings is 1. The van der Waals surface area contributed by atoms with E-state index in [0.717, 1.165) is 16.7 Å². The summed E-state index contributed by atoms with van der Waals surface area (Å²) < 4.78 is 2.07. The number of benzene rings is 3. The number of anilines is 2. The maximum absolute atomic E-state index is 6.46. The summed E-state index contributed by atoms with van der Waals surface area (Å²) in [6, 6.07) is 26.1. The minimum Gasteiger partial charge on any atom is -0.398 e. The van der Waals surface area contributed by atoms with E-state index in [1.807, 2.05) is 67.1 Å².